The third-order valence-corrected chi connectivity index (χ3v) is 3.89. The summed E-state index contributed by atoms with van der Waals surface area (Å²) >= 11 is 6.26. The lowest BCUT2D eigenvalue weighted by Gasteiger charge is -2.35. The van der Waals surface area contributed by atoms with Gasteiger partial charge in [-0.2, -0.15) is 5.10 Å². The smallest absolute Gasteiger partial charge is 0.160 e. The molecule has 1 aromatic carbocycles. The fraction of sp³-hybridized carbons (Fsp3) is 0.467. The van der Waals surface area contributed by atoms with Crippen molar-refractivity contribution in [1.29, 1.82) is 0 Å². The molecule has 0 N–H and O–H groups in total. The molecule has 2 atom stereocenters. The molecule has 2 aromatic rings. The van der Waals surface area contributed by atoms with Crippen LogP contribution in [0.5, 0.6) is 0 Å². The summed E-state index contributed by atoms with van der Waals surface area (Å²) < 4.78 is 7.66. The molecule has 2 heterocycles. The molecule has 1 aliphatic heterocycles. The maximum atomic E-state index is 6.26. The minimum absolute atomic E-state index is 0.237. The maximum absolute atomic E-state index is 6.26. The molecule has 3 rings (SSSR count). The molecule has 21 heavy (non-hydrogen) atoms. The van der Waals surface area contributed by atoms with Gasteiger partial charge in [0.2, 0.25) is 0 Å². The second kappa shape index (κ2) is 6.13. The van der Waals surface area contributed by atoms with Crippen LogP contribution in [0, 0.1) is 0 Å². The van der Waals surface area contributed by atoms with Crippen LogP contribution in [0.4, 0.5) is 0 Å². The third kappa shape index (κ3) is 3.26. The number of benzene rings is 1. The number of morpholine rings is 1. The Morgan fingerprint density at radius 1 is 1.24 bits per heavy atom. The van der Waals surface area contributed by atoms with E-state index in [2.05, 4.69) is 28.8 Å². The van der Waals surface area contributed by atoms with E-state index in [1.807, 2.05) is 28.9 Å². The highest BCUT2D eigenvalue weighted by Gasteiger charge is 2.23. The van der Waals surface area contributed by atoms with Gasteiger partial charge < -0.3 is 4.74 Å². The lowest BCUT2D eigenvalue weighted by Crippen LogP contribution is -2.46. The molecule has 0 unspecified atom stereocenters. The molecular formula is C15H19ClN4O. The highest BCUT2D eigenvalue weighted by atomic mass is 35.5. The van der Waals surface area contributed by atoms with E-state index in [0.29, 0.717) is 11.7 Å². The summed E-state index contributed by atoms with van der Waals surface area (Å²) in [6, 6.07) is 7.71. The molecule has 0 bridgehead atoms. The van der Waals surface area contributed by atoms with Crippen LogP contribution < -0.4 is 0 Å². The normalized spacial score (nSPS) is 23.4. The van der Waals surface area contributed by atoms with Gasteiger partial charge in [0.1, 0.15) is 6.33 Å². The zero-order valence-electron chi connectivity index (χ0n) is 12.2. The highest BCUT2D eigenvalue weighted by Crippen LogP contribution is 2.25. The number of nitrogens with zero attached hydrogens (tertiary/aromatic N) is 4. The summed E-state index contributed by atoms with van der Waals surface area (Å²) in [6.45, 7) is 6.68. The van der Waals surface area contributed by atoms with Crippen LogP contribution in [-0.4, -0.2) is 45.0 Å². The van der Waals surface area contributed by atoms with Crippen molar-refractivity contribution in [1.82, 2.24) is 19.7 Å². The van der Waals surface area contributed by atoms with Gasteiger partial charge >= 0.3 is 0 Å². The summed E-state index contributed by atoms with van der Waals surface area (Å²) in [5, 5.41) is 5.03. The molecule has 1 fully saturated rings. The zero-order chi connectivity index (χ0) is 14.8. The van der Waals surface area contributed by atoms with E-state index in [9.17, 15) is 0 Å². The summed E-state index contributed by atoms with van der Waals surface area (Å²) in [5.41, 5.74) is 0.908. The topological polar surface area (TPSA) is 43.2 Å². The highest BCUT2D eigenvalue weighted by molar-refractivity contribution is 6.33. The summed E-state index contributed by atoms with van der Waals surface area (Å²) in [7, 11) is 0. The first-order valence-electron chi connectivity index (χ1n) is 7.14. The molecule has 6 heteroatoms. The van der Waals surface area contributed by atoms with Crippen molar-refractivity contribution in [2.75, 3.05) is 13.1 Å². The summed E-state index contributed by atoms with van der Waals surface area (Å²) in [6.07, 6.45) is 2.05. The fourth-order valence-electron chi connectivity index (χ4n) is 2.81. The summed E-state index contributed by atoms with van der Waals surface area (Å²) in [5.74, 6) is 0.799. The van der Waals surface area contributed by atoms with Crippen molar-refractivity contribution in [2.45, 2.75) is 32.7 Å². The van der Waals surface area contributed by atoms with Gasteiger partial charge in [-0.3, -0.25) is 4.90 Å². The quantitative estimate of drug-likeness (QED) is 0.874. The van der Waals surface area contributed by atoms with Crippen LogP contribution in [0.25, 0.3) is 11.4 Å². The predicted molar refractivity (Wildman–Crippen MR) is 82.1 cm³/mol. The van der Waals surface area contributed by atoms with E-state index in [1.54, 1.807) is 6.33 Å². The molecule has 5 nitrogen and oxygen atoms in total. The second-order valence-electron chi connectivity index (χ2n) is 5.50. The van der Waals surface area contributed by atoms with E-state index in [4.69, 9.17) is 16.3 Å². The van der Waals surface area contributed by atoms with Crippen molar-refractivity contribution in [2.24, 2.45) is 0 Å². The molecule has 1 saturated heterocycles. The Balaban J connectivity index is 1.82. The van der Waals surface area contributed by atoms with Crippen LogP contribution in [0.2, 0.25) is 5.02 Å². The minimum atomic E-state index is 0.237. The lowest BCUT2D eigenvalue weighted by molar-refractivity contribution is -0.0774. The monoisotopic (exact) mass is 306 g/mol. The molecular weight excluding hydrogens is 288 g/mol. The van der Waals surface area contributed by atoms with Crippen LogP contribution in [-0.2, 0) is 11.4 Å². The van der Waals surface area contributed by atoms with Crippen molar-refractivity contribution in [3.63, 3.8) is 0 Å². The Labute approximate surface area is 129 Å². The number of hydrogen-bond donors (Lipinski definition) is 0. The van der Waals surface area contributed by atoms with Crippen molar-refractivity contribution in [3.05, 3.63) is 35.6 Å². The van der Waals surface area contributed by atoms with E-state index in [1.165, 1.54) is 0 Å². The number of rotatable bonds is 3. The van der Waals surface area contributed by atoms with Gasteiger partial charge in [0.15, 0.2) is 5.82 Å². The van der Waals surface area contributed by atoms with Gasteiger partial charge in [0.05, 0.1) is 23.9 Å². The Morgan fingerprint density at radius 2 is 1.95 bits per heavy atom. The van der Waals surface area contributed by atoms with E-state index in [0.717, 1.165) is 24.5 Å². The van der Waals surface area contributed by atoms with E-state index < -0.39 is 0 Å². The Kier molecular flexibility index (Phi) is 4.24. The van der Waals surface area contributed by atoms with E-state index >= 15 is 0 Å². The van der Waals surface area contributed by atoms with Crippen LogP contribution in [0.1, 0.15) is 13.8 Å². The lowest BCUT2D eigenvalue weighted by atomic mass is 10.2. The van der Waals surface area contributed by atoms with Crippen molar-refractivity contribution < 1.29 is 4.74 Å². The maximum Gasteiger partial charge on any atom is 0.160 e. The first kappa shape index (κ1) is 14.5. The Hall–Kier alpha value is -1.43. The largest absolute Gasteiger partial charge is 0.373 e. The Bertz CT molecular complexity index is 605. The molecule has 0 amide bonds. The van der Waals surface area contributed by atoms with E-state index in [-0.39, 0.29) is 12.2 Å². The fourth-order valence-corrected chi connectivity index (χ4v) is 3.03. The van der Waals surface area contributed by atoms with Gasteiger partial charge in [0, 0.05) is 18.7 Å². The van der Waals surface area contributed by atoms with Gasteiger partial charge in [-0.1, -0.05) is 23.7 Å². The number of halogens is 1. The van der Waals surface area contributed by atoms with Crippen LogP contribution in [0.15, 0.2) is 30.6 Å². The first-order valence-corrected chi connectivity index (χ1v) is 7.52. The first-order chi connectivity index (χ1) is 10.1. The van der Waals surface area contributed by atoms with Gasteiger partial charge in [0.25, 0.3) is 0 Å². The van der Waals surface area contributed by atoms with Crippen LogP contribution in [0.3, 0.4) is 0 Å². The number of aromatic nitrogens is 3. The SMILES string of the molecule is C[C@@H]1CN(Cn2ncnc2-c2ccccc2Cl)C[C@@H](C)O1. The molecule has 0 radical (unpaired) electrons. The van der Waals surface area contributed by atoms with Gasteiger partial charge in [-0.25, -0.2) is 9.67 Å². The second-order valence-corrected chi connectivity index (χ2v) is 5.90. The van der Waals surface area contributed by atoms with Gasteiger partial charge in [-0.15, -0.1) is 0 Å². The molecule has 1 aromatic heterocycles. The van der Waals surface area contributed by atoms with Crippen molar-refractivity contribution in [3.8, 4) is 11.4 Å². The standard InChI is InChI=1S/C15H19ClN4O/c1-11-7-19(8-12(2)21-11)10-20-15(17-9-18-20)13-5-3-4-6-14(13)16/h3-6,9,11-12H,7-8,10H2,1-2H3/t11-,12-/m1/s1. The van der Waals surface area contributed by atoms with Crippen molar-refractivity contribution >= 4 is 11.6 Å². The molecule has 1 aliphatic rings. The predicted octanol–water partition coefficient (Wildman–Crippen LogP) is 2.67. The Morgan fingerprint density at radius 3 is 2.67 bits per heavy atom. The average Bonchev–Trinajstić information content (AvgIpc) is 2.86. The van der Waals surface area contributed by atoms with Crippen LogP contribution >= 0.6 is 11.6 Å². The number of ether oxygens (including phenoxy) is 1. The molecule has 112 valence electrons. The third-order valence-electron chi connectivity index (χ3n) is 3.56. The minimum Gasteiger partial charge on any atom is -0.373 e. The molecule has 0 saturated carbocycles. The zero-order valence-corrected chi connectivity index (χ0v) is 13.0. The number of hydrogen-bond acceptors (Lipinski definition) is 4. The molecule has 0 spiro atoms. The molecule has 0 aliphatic carbocycles. The van der Waals surface area contributed by atoms with Gasteiger partial charge in [-0.05, 0) is 26.0 Å². The average molecular weight is 307 g/mol. The summed E-state index contributed by atoms with van der Waals surface area (Å²) in [4.78, 5) is 6.69.